The first-order valence-corrected chi connectivity index (χ1v) is 8.88. The number of carbonyl (C=O) groups is 2. The van der Waals surface area contributed by atoms with Crippen LogP contribution in [-0.2, 0) is 11.2 Å². The lowest BCUT2D eigenvalue weighted by Gasteiger charge is -2.11. The first kappa shape index (κ1) is 18.5. The fourth-order valence-electron chi connectivity index (χ4n) is 2.95. The van der Waals surface area contributed by atoms with Crippen molar-refractivity contribution in [1.29, 1.82) is 0 Å². The van der Waals surface area contributed by atoms with Crippen molar-refractivity contribution >= 4 is 22.9 Å². The Hall–Kier alpha value is -3.28. The van der Waals surface area contributed by atoms with Crippen LogP contribution < -0.4 is 5.32 Å². The van der Waals surface area contributed by atoms with Gasteiger partial charge in [0.2, 0.25) is 0 Å². The summed E-state index contributed by atoms with van der Waals surface area (Å²) in [5, 5.41) is 11.4. The Labute approximate surface area is 157 Å². The van der Waals surface area contributed by atoms with Crippen molar-refractivity contribution in [1.82, 2.24) is 15.3 Å². The van der Waals surface area contributed by atoms with Crippen molar-refractivity contribution < 1.29 is 14.7 Å². The van der Waals surface area contributed by atoms with Crippen LogP contribution in [0.3, 0.4) is 0 Å². The summed E-state index contributed by atoms with van der Waals surface area (Å²) in [5.41, 5.74) is 4.48. The Morgan fingerprint density at radius 3 is 2.48 bits per heavy atom. The molecule has 0 saturated heterocycles. The molecule has 1 amide bonds. The van der Waals surface area contributed by atoms with Crippen molar-refractivity contribution in [2.45, 2.75) is 25.7 Å². The number of aliphatic carboxylic acids is 1. The number of nitrogens with one attached hydrogen (secondary N) is 1. The van der Waals surface area contributed by atoms with Gasteiger partial charge in [-0.05, 0) is 37.5 Å². The molecule has 1 aromatic heterocycles. The van der Waals surface area contributed by atoms with Gasteiger partial charge in [0.1, 0.15) is 0 Å². The van der Waals surface area contributed by atoms with Gasteiger partial charge in [-0.2, -0.15) is 0 Å². The van der Waals surface area contributed by atoms with Crippen LogP contribution in [0.1, 0.15) is 35.3 Å². The number of carboxylic acids is 1. The van der Waals surface area contributed by atoms with Crippen LogP contribution in [0.5, 0.6) is 0 Å². The summed E-state index contributed by atoms with van der Waals surface area (Å²) in [6, 6.07) is 15.1. The minimum atomic E-state index is -0.793. The molecule has 3 aromatic rings. The van der Waals surface area contributed by atoms with Gasteiger partial charge in [-0.15, -0.1) is 0 Å². The molecule has 6 heteroatoms. The number of carboxylic acid groups (broad SMARTS) is 1. The molecule has 3 rings (SSSR count). The first-order valence-electron chi connectivity index (χ1n) is 8.88. The van der Waals surface area contributed by atoms with E-state index in [1.807, 2.05) is 30.3 Å². The SMILES string of the molecule is CNC(=O)c1ccc2nc(-c3ccccc3)c(CCCCC(=O)O)nc2c1. The van der Waals surface area contributed by atoms with Crippen LogP contribution in [0.25, 0.3) is 22.3 Å². The van der Waals surface area contributed by atoms with Crippen LogP contribution in [0.4, 0.5) is 0 Å². The predicted molar refractivity (Wildman–Crippen MR) is 104 cm³/mol. The number of amides is 1. The fourth-order valence-corrected chi connectivity index (χ4v) is 2.95. The molecule has 0 spiro atoms. The van der Waals surface area contributed by atoms with Gasteiger partial charge in [0.15, 0.2) is 0 Å². The lowest BCUT2D eigenvalue weighted by atomic mass is 10.0. The zero-order valence-corrected chi connectivity index (χ0v) is 15.1. The second kappa shape index (κ2) is 8.40. The minimum Gasteiger partial charge on any atom is -0.481 e. The van der Waals surface area contributed by atoms with E-state index in [0.29, 0.717) is 30.3 Å². The molecule has 0 radical (unpaired) electrons. The van der Waals surface area contributed by atoms with E-state index in [1.165, 1.54) is 0 Å². The summed E-state index contributed by atoms with van der Waals surface area (Å²) < 4.78 is 0. The van der Waals surface area contributed by atoms with Gasteiger partial charge >= 0.3 is 5.97 Å². The molecule has 0 bridgehead atoms. The number of carbonyl (C=O) groups excluding carboxylic acids is 1. The van der Waals surface area contributed by atoms with E-state index in [2.05, 4.69) is 5.32 Å². The molecule has 0 unspecified atom stereocenters. The van der Waals surface area contributed by atoms with Gasteiger partial charge < -0.3 is 10.4 Å². The van der Waals surface area contributed by atoms with Crippen LogP contribution in [-0.4, -0.2) is 34.0 Å². The molecule has 2 N–H and O–H groups in total. The van der Waals surface area contributed by atoms with E-state index in [1.54, 1.807) is 25.2 Å². The summed E-state index contributed by atoms with van der Waals surface area (Å²) in [6.45, 7) is 0. The minimum absolute atomic E-state index is 0.141. The third kappa shape index (κ3) is 4.47. The maximum Gasteiger partial charge on any atom is 0.303 e. The second-order valence-corrected chi connectivity index (χ2v) is 6.27. The van der Waals surface area contributed by atoms with Gasteiger partial charge in [-0.3, -0.25) is 9.59 Å². The van der Waals surface area contributed by atoms with Gasteiger partial charge in [-0.1, -0.05) is 30.3 Å². The average molecular weight is 363 g/mol. The second-order valence-electron chi connectivity index (χ2n) is 6.27. The van der Waals surface area contributed by atoms with Crippen LogP contribution in [0, 0.1) is 0 Å². The molecule has 0 atom stereocenters. The summed E-state index contributed by atoms with van der Waals surface area (Å²) in [5.74, 6) is -0.966. The molecule has 0 aliphatic rings. The number of unbranched alkanes of at least 4 members (excludes halogenated alkanes) is 1. The largest absolute Gasteiger partial charge is 0.481 e. The standard InChI is InChI=1S/C21H21N3O3/c1-22-21(27)15-11-12-16-18(13-15)23-17(9-5-6-10-19(25)26)20(24-16)14-7-3-2-4-8-14/h2-4,7-8,11-13H,5-6,9-10H2,1H3,(H,22,27)(H,25,26). The Balaban J connectivity index is 2.01. The summed E-state index contributed by atoms with van der Waals surface area (Å²) in [7, 11) is 1.59. The van der Waals surface area contributed by atoms with Crippen molar-refractivity contribution in [3.8, 4) is 11.3 Å². The molecule has 0 fully saturated rings. The molecular formula is C21H21N3O3. The lowest BCUT2D eigenvalue weighted by molar-refractivity contribution is -0.137. The third-order valence-corrected chi connectivity index (χ3v) is 4.33. The Morgan fingerprint density at radius 2 is 1.78 bits per heavy atom. The number of aryl methyl sites for hydroxylation is 1. The highest BCUT2D eigenvalue weighted by Gasteiger charge is 2.13. The molecule has 2 aromatic carbocycles. The summed E-state index contributed by atoms with van der Waals surface area (Å²) in [6.07, 6.45) is 2.07. The molecule has 0 aliphatic heterocycles. The maximum atomic E-state index is 11.9. The monoisotopic (exact) mass is 363 g/mol. The molecule has 6 nitrogen and oxygen atoms in total. The highest BCUT2D eigenvalue weighted by Crippen LogP contribution is 2.25. The highest BCUT2D eigenvalue weighted by molar-refractivity contribution is 5.97. The average Bonchev–Trinajstić information content (AvgIpc) is 2.70. The number of aromatic nitrogens is 2. The molecule has 0 saturated carbocycles. The first-order chi connectivity index (χ1) is 13.1. The normalized spacial score (nSPS) is 10.7. The van der Waals surface area contributed by atoms with Crippen LogP contribution in [0.2, 0.25) is 0 Å². The van der Waals surface area contributed by atoms with E-state index in [-0.39, 0.29) is 12.3 Å². The highest BCUT2D eigenvalue weighted by atomic mass is 16.4. The van der Waals surface area contributed by atoms with Gasteiger partial charge in [-0.25, -0.2) is 9.97 Å². The third-order valence-electron chi connectivity index (χ3n) is 4.33. The number of rotatable bonds is 7. The lowest BCUT2D eigenvalue weighted by Crippen LogP contribution is -2.17. The summed E-state index contributed by atoms with van der Waals surface area (Å²) >= 11 is 0. The van der Waals surface area contributed by atoms with Crippen molar-refractivity contribution in [2.24, 2.45) is 0 Å². The fraction of sp³-hybridized carbons (Fsp3) is 0.238. The van der Waals surface area contributed by atoms with Gasteiger partial charge in [0.25, 0.3) is 5.91 Å². The van der Waals surface area contributed by atoms with E-state index >= 15 is 0 Å². The van der Waals surface area contributed by atoms with Gasteiger partial charge in [0, 0.05) is 24.6 Å². The topological polar surface area (TPSA) is 92.2 Å². The van der Waals surface area contributed by atoms with Crippen molar-refractivity contribution in [2.75, 3.05) is 7.05 Å². The van der Waals surface area contributed by atoms with Crippen molar-refractivity contribution in [3.63, 3.8) is 0 Å². The number of hydrogen-bond donors (Lipinski definition) is 2. The predicted octanol–water partition coefficient (Wildman–Crippen LogP) is 3.45. The van der Waals surface area contributed by atoms with Crippen LogP contribution >= 0.6 is 0 Å². The molecule has 0 aliphatic carbocycles. The van der Waals surface area contributed by atoms with E-state index < -0.39 is 5.97 Å². The van der Waals surface area contributed by atoms with Crippen LogP contribution in [0.15, 0.2) is 48.5 Å². The number of fused-ring (bicyclic) bond motifs is 1. The molecule has 138 valence electrons. The molecular weight excluding hydrogens is 342 g/mol. The molecule has 27 heavy (non-hydrogen) atoms. The smallest absolute Gasteiger partial charge is 0.303 e. The number of hydrogen-bond acceptors (Lipinski definition) is 4. The van der Waals surface area contributed by atoms with Gasteiger partial charge in [0.05, 0.1) is 22.4 Å². The summed E-state index contributed by atoms with van der Waals surface area (Å²) in [4.78, 5) is 32.2. The zero-order valence-electron chi connectivity index (χ0n) is 15.1. The Bertz CT molecular complexity index is 971. The van der Waals surface area contributed by atoms with E-state index in [4.69, 9.17) is 15.1 Å². The quantitative estimate of drug-likeness (QED) is 0.627. The maximum absolute atomic E-state index is 11.9. The number of benzene rings is 2. The van der Waals surface area contributed by atoms with E-state index in [0.717, 1.165) is 22.5 Å². The van der Waals surface area contributed by atoms with Crippen molar-refractivity contribution in [3.05, 3.63) is 59.8 Å². The Morgan fingerprint density at radius 1 is 1.00 bits per heavy atom. The Kier molecular flexibility index (Phi) is 5.76. The number of nitrogens with zero attached hydrogens (tertiary/aromatic N) is 2. The van der Waals surface area contributed by atoms with E-state index in [9.17, 15) is 9.59 Å². The molecule has 1 heterocycles. The zero-order chi connectivity index (χ0) is 19.2.